The molecule has 7 nitrogen and oxygen atoms in total. The van der Waals surface area contributed by atoms with E-state index in [1.54, 1.807) is 35.2 Å². The Kier molecular flexibility index (Phi) is 6.23. The molecule has 1 fully saturated rings. The molecule has 1 aromatic heterocycles. The van der Waals surface area contributed by atoms with E-state index in [0.717, 1.165) is 23.2 Å². The predicted octanol–water partition coefficient (Wildman–Crippen LogP) is 6.18. The van der Waals surface area contributed by atoms with E-state index in [1.807, 2.05) is 38.1 Å². The predicted molar refractivity (Wildman–Crippen MR) is 127 cm³/mol. The molecule has 2 aromatic carbocycles. The van der Waals surface area contributed by atoms with Crippen molar-refractivity contribution in [3.05, 3.63) is 87.0 Å². The van der Waals surface area contributed by atoms with E-state index in [0.29, 0.717) is 28.1 Å². The van der Waals surface area contributed by atoms with Gasteiger partial charge < -0.3 is 4.42 Å². The van der Waals surface area contributed by atoms with Crippen LogP contribution < -0.4 is 0 Å². The fourth-order valence-electron chi connectivity index (χ4n) is 3.20. The third-order valence-electron chi connectivity index (χ3n) is 4.86. The van der Waals surface area contributed by atoms with Gasteiger partial charge in [0.25, 0.3) is 11.6 Å². The van der Waals surface area contributed by atoms with Crippen LogP contribution in [-0.2, 0) is 4.79 Å². The quantitative estimate of drug-likeness (QED) is 0.256. The molecule has 0 bridgehead atoms. The van der Waals surface area contributed by atoms with Crippen molar-refractivity contribution in [3.8, 4) is 11.3 Å². The summed E-state index contributed by atoms with van der Waals surface area (Å²) in [6.45, 7) is 4.62. The number of hydrogen-bond acceptors (Lipinski definition) is 6. The van der Waals surface area contributed by atoms with Gasteiger partial charge in [-0.25, -0.2) is 4.99 Å². The highest BCUT2D eigenvalue weighted by molar-refractivity contribution is 8.18. The minimum Gasteiger partial charge on any atom is -0.457 e. The summed E-state index contributed by atoms with van der Waals surface area (Å²) in [5, 5.41) is 11.5. The Bertz CT molecular complexity index is 1210. The minimum atomic E-state index is -0.442. The molecular formula is C24H21N3O4S. The summed E-state index contributed by atoms with van der Waals surface area (Å²) in [5.41, 5.74) is 2.69. The molecule has 2 heterocycles. The molecule has 8 heteroatoms. The highest BCUT2D eigenvalue weighted by atomic mass is 32.2. The van der Waals surface area contributed by atoms with Crippen molar-refractivity contribution in [2.45, 2.75) is 20.3 Å². The van der Waals surface area contributed by atoms with Gasteiger partial charge in [0.15, 0.2) is 5.17 Å². The van der Waals surface area contributed by atoms with Gasteiger partial charge in [-0.1, -0.05) is 24.6 Å². The Balaban J connectivity index is 1.59. The smallest absolute Gasteiger partial charge is 0.269 e. The van der Waals surface area contributed by atoms with Gasteiger partial charge in [0.05, 0.1) is 15.5 Å². The highest BCUT2D eigenvalue weighted by Gasteiger charge is 2.33. The molecule has 3 aromatic rings. The Morgan fingerprint density at radius 2 is 1.81 bits per heavy atom. The molecule has 0 saturated carbocycles. The molecule has 0 atom stereocenters. The van der Waals surface area contributed by atoms with Crippen LogP contribution in [-0.4, -0.2) is 27.4 Å². The summed E-state index contributed by atoms with van der Waals surface area (Å²) in [4.78, 5) is 30.3. The summed E-state index contributed by atoms with van der Waals surface area (Å²) in [6, 6.07) is 17.5. The lowest BCUT2D eigenvalue weighted by Crippen LogP contribution is -2.29. The standard InChI is InChI=1S/C24H21N3O4S/c1-3-14-26-23(28)22(32-24(26)25-18-8-4-16(2)5-9-18)15-20-12-13-21(31-20)17-6-10-19(11-7-17)27(29)30/h4-13,15H,3,14H2,1-2H3/b22-15+,25-24?. The number of amidine groups is 1. The first-order valence-corrected chi connectivity index (χ1v) is 11.0. The number of thioether (sulfide) groups is 1. The average molecular weight is 448 g/mol. The zero-order valence-corrected chi connectivity index (χ0v) is 18.5. The van der Waals surface area contributed by atoms with Crippen molar-refractivity contribution in [1.29, 1.82) is 0 Å². The molecule has 0 radical (unpaired) electrons. The third kappa shape index (κ3) is 4.65. The number of rotatable bonds is 6. The number of nitro benzene ring substituents is 1. The molecule has 1 saturated heterocycles. The summed E-state index contributed by atoms with van der Waals surface area (Å²) in [5.74, 6) is 0.999. The van der Waals surface area contributed by atoms with E-state index in [2.05, 4.69) is 4.99 Å². The molecular weight excluding hydrogens is 426 g/mol. The Morgan fingerprint density at radius 3 is 2.47 bits per heavy atom. The zero-order valence-electron chi connectivity index (χ0n) is 17.6. The van der Waals surface area contributed by atoms with Crippen LogP contribution in [0, 0.1) is 17.0 Å². The Labute approximate surface area is 189 Å². The maximum Gasteiger partial charge on any atom is 0.269 e. The number of nitro groups is 1. The molecule has 1 amide bonds. The lowest BCUT2D eigenvalue weighted by molar-refractivity contribution is -0.384. The summed E-state index contributed by atoms with van der Waals surface area (Å²) >= 11 is 1.32. The number of nitrogens with zero attached hydrogens (tertiary/aromatic N) is 3. The van der Waals surface area contributed by atoms with Crippen LogP contribution in [0.1, 0.15) is 24.7 Å². The lowest BCUT2D eigenvalue weighted by Gasteiger charge is -2.13. The molecule has 4 rings (SSSR count). The lowest BCUT2D eigenvalue weighted by atomic mass is 10.1. The maximum atomic E-state index is 13.0. The fourth-order valence-corrected chi connectivity index (χ4v) is 4.21. The van der Waals surface area contributed by atoms with E-state index in [1.165, 1.54) is 23.9 Å². The topological polar surface area (TPSA) is 89.0 Å². The van der Waals surface area contributed by atoms with Crippen LogP contribution >= 0.6 is 11.8 Å². The molecule has 162 valence electrons. The number of amides is 1. The van der Waals surface area contributed by atoms with E-state index in [-0.39, 0.29) is 11.6 Å². The highest BCUT2D eigenvalue weighted by Crippen LogP contribution is 2.35. The van der Waals surface area contributed by atoms with Crippen LogP contribution in [0.25, 0.3) is 17.4 Å². The minimum absolute atomic E-state index is 0.0204. The molecule has 0 unspecified atom stereocenters. The number of benzene rings is 2. The van der Waals surface area contributed by atoms with Crippen LogP contribution in [0.5, 0.6) is 0 Å². The van der Waals surface area contributed by atoms with E-state index >= 15 is 0 Å². The van der Waals surface area contributed by atoms with Crippen molar-refractivity contribution in [3.63, 3.8) is 0 Å². The Morgan fingerprint density at radius 1 is 1.09 bits per heavy atom. The molecule has 32 heavy (non-hydrogen) atoms. The second kappa shape index (κ2) is 9.23. The SMILES string of the molecule is CCCN1C(=O)/C(=C\c2ccc(-c3ccc([N+](=O)[O-])cc3)o2)SC1=Nc1ccc(C)cc1. The van der Waals surface area contributed by atoms with Gasteiger partial charge in [-0.2, -0.15) is 0 Å². The van der Waals surface area contributed by atoms with Crippen LogP contribution in [0.4, 0.5) is 11.4 Å². The third-order valence-corrected chi connectivity index (χ3v) is 5.86. The van der Waals surface area contributed by atoms with E-state index < -0.39 is 4.92 Å². The molecule has 1 aliphatic heterocycles. The molecule has 0 aliphatic carbocycles. The number of furan rings is 1. The van der Waals surface area contributed by atoms with E-state index in [4.69, 9.17) is 4.42 Å². The number of aliphatic imine (C=N–C) groups is 1. The van der Waals surface area contributed by atoms with Crippen LogP contribution in [0.2, 0.25) is 0 Å². The average Bonchev–Trinajstić information content (AvgIpc) is 3.36. The number of carbonyl (C=O) groups is 1. The number of carbonyl (C=O) groups excluding carboxylic acids is 1. The summed E-state index contributed by atoms with van der Waals surface area (Å²) < 4.78 is 5.87. The van der Waals surface area contributed by atoms with Crippen molar-refractivity contribution in [2.24, 2.45) is 4.99 Å². The number of non-ortho nitro benzene ring substituents is 1. The van der Waals surface area contributed by atoms with Gasteiger partial charge in [-0.05, 0) is 61.5 Å². The first-order chi connectivity index (χ1) is 15.4. The van der Waals surface area contributed by atoms with Crippen LogP contribution in [0.15, 0.2) is 75.0 Å². The van der Waals surface area contributed by atoms with Gasteiger partial charge >= 0.3 is 0 Å². The van der Waals surface area contributed by atoms with Gasteiger partial charge in [-0.15, -0.1) is 0 Å². The van der Waals surface area contributed by atoms with Crippen molar-refractivity contribution >= 4 is 40.3 Å². The molecule has 0 N–H and O–H groups in total. The number of aryl methyl sites for hydroxylation is 1. The maximum absolute atomic E-state index is 13.0. The molecule has 1 aliphatic rings. The first-order valence-electron chi connectivity index (χ1n) is 10.2. The van der Waals surface area contributed by atoms with Gasteiger partial charge in [0.2, 0.25) is 0 Å². The summed E-state index contributed by atoms with van der Waals surface area (Å²) in [7, 11) is 0. The van der Waals surface area contributed by atoms with Crippen LogP contribution in [0.3, 0.4) is 0 Å². The first kappa shape index (κ1) is 21.6. The van der Waals surface area contributed by atoms with E-state index in [9.17, 15) is 14.9 Å². The number of hydrogen-bond donors (Lipinski definition) is 0. The largest absolute Gasteiger partial charge is 0.457 e. The Hall–Kier alpha value is -3.65. The monoisotopic (exact) mass is 447 g/mol. The second-order valence-electron chi connectivity index (χ2n) is 7.30. The zero-order chi connectivity index (χ0) is 22.7. The van der Waals surface area contributed by atoms with Gasteiger partial charge in [0, 0.05) is 30.3 Å². The van der Waals surface area contributed by atoms with Gasteiger partial charge in [-0.3, -0.25) is 19.8 Å². The van der Waals surface area contributed by atoms with Crippen molar-refractivity contribution in [1.82, 2.24) is 4.90 Å². The summed E-state index contributed by atoms with van der Waals surface area (Å²) in [6.07, 6.45) is 2.53. The normalized spacial score (nSPS) is 16.3. The fraction of sp³-hybridized carbons (Fsp3) is 0.167. The molecule has 0 spiro atoms. The van der Waals surface area contributed by atoms with Crippen molar-refractivity contribution in [2.75, 3.05) is 6.54 Å². The van der Waals surface area contributed by atoms with Gasteiger partial charge in [0.1, 0.15) is 11.5 Å². The van der Waals surface area contributed by atoms with Crippen molar-refractivity contribution < 1.29 is 14.1 Å². The second-order valence-corrected chi connectivity index (χ2v) is 8.31.